The van der Waals surface area contributed by atoms with Gasteiger partial charge in [0, 0.05) is 11.8 Å². The molecule has 1 amide bonds. The van der Waals surface area contributed by atoms with Crippen LogP contribution in [0.1, 0.15) is 28.3 Å². The van der Waals surface area contributed by atoms with Gasteiger partial charge >= 0.3 is 0 Å². The predicted molar refractivity (Wildman–Crippen MR) is 125 cm³/mol. The number of carbonyl (C=O) groups is 2. The molecule has 0 aliphatic carbocycles. The Morgan fingerprint density at radius 3 is 2.38 bits per heavy atom. The minimum atomic E-state index is -1.17. The molecule has 1 heterocycles. The van der Waals surface area contributed by atoms with Gasteiger partial charge < -0.3 is 9.84 Å². The molecular formula is C26H20ClF2NO4. The number of amides is 1. The lowest BCUT2D eigenvalue weighted by atomic mass is 9.93. The zero-order valence-corrected chi connectivity index (χ0v) is 19.3. The number of benzene rings is 3. The molecule has 5 nitrogen and oxygen atoms in total. The zero-order chi connectivity index (χ0) is 24.7. The topological polar surface area (TPSA) is 66.8 Å². The minimum absolute atomic E-state index is 0.0270. The molecule has 0 bridgehead atoms. The van der Waals surface area contributed by atoms with Gasteiger partial charge in [-0.05, 0) is 49.2 Å². The number of rotatable bonds is 4. The number of nitrogens with zero attached hydrogens (tertiary/aromatic N) is 1. The second-order valence-electron chi connectivity index (χ2n) is 8.01. The SMILES string of the molecule is COc1c(Cl)cc(C)cc1/C(O)=C1\C(=O)C(=O)N(c2ccc(F)c(F)c2)C1c1cccc(C)c1. The van der Waals surface area contributed by atoms with E-state index in [-0.39, 0.29) is 27.6 Å². The summed E-state index contributed by atoms with van der Waals surface area (Å²) in [6.07, 6.45) is 0. The molecule has 1 atom stereocenters. The number of ether oxygens (including phenoxy) is 1. The number of hydrogen-bond donors (Lipinski definition) is 1. The van der Waals surface area contributed by atoms with Crippen LogP contribution in [0.2, 0.25) is 5.02 Å². The molecule has 1 aliphatic heterocycles. The Bertz CT molecular complexity index is 1370. The van der Waals surface area contributed by atoms with E-state index >= 15 is 0 Å². The smallest absolute Gasteiger partial charge is 0.300 e. The standard InChI is InChI=1S/C26H20ClF2NO4/c1-13-5-4-6-15(9-13)22-21(23(31)17-10-14(2)11-18(27)25(17)34-3)24(32)26(33)30(22)16-7-8-19(28)20(29)12-16/h4-12,22,31H,1-3H3/b23-21+. The summed E-state index contributed by atoms with van der Waals surface area (Å²) in [6, 6.07) is 12.0. The van der Waals surface area contributed by atoms with E-state index in [1.165, 1.54) is 13.2 Å². The number of Topliss-reactive ketones (excluding diaryl/α,β-unsaturated/α-hetero) is 1. The first kappa shape index (κ1) is 23.4. The zero-order valence-electron chi connectivity index (χ0n) is 18.5. The molecular weight excluding hydrogens is 464 g/mol. The average molecular weight is 484 g/mol. The second kappa shape index (κ2) is 8.91. The van der Waals surface area contributed by atoms with Crippen molar-refractivity contribution in [1.29, 1.82) is 0 Å². The van der Waals surface area contributed by atoms with Gasteiger partial charge in [0.25, 0.3) is 11.7 Å². The lowest BCUT2D eigenvalue weighted by molar-refractivity contribution is -0.132. The van der Waals surface area contributed by atoms with Crippen LogP contribution in [-0.4, -0.2) is 23.9 Å². The molecule has 1 N–H and O–H groups in total. The van der Waals surface area contributed by atoms with E-state index in [1.807, 2.05) is 13.0 Å². The normalized spacial score (nSPS) is 17.4. The van der Waals surface area contributed by atoms with E-state index < -0.39 is 35.1 Å². The number of methoxy groups -OCH3 is 1. The molecule has 1 fully saturated rings. The Labute approximate surface area is 199 Å². The van der Waals surface area contributed by atoms with Gasteiger partial charge in [-0.1, -0.05) is 41.4 Å². The van der Waals surface area contributed by atoms with Gasteiger partial charge in [-0.25, -0.2) is 8.78 Å². The van der Waals surface area contributed by atoms with Crippen LogP contribution >= 0.6 is 11.6 Å². The lowest BCUT2D eigenvalue weighted by Gasteiger charge is -2.26. The van der Waals surface area contributed by atoms with Crippen LogP contribution in [0.4, 0.5) is 14.5 Å². The highest BCUT2D eigenvalue weighted by Gasteiger charge is 2.47. The van der Waals surface area contributed by atoms with Crippen molar-refractivity contribution in [3.63, 3.8) is 0 Å². The number of aliphatic hydroxyl groups is 1. The van der Waals surface area contributed by atoms with Crippen molar-refractivity contribution < 1.29 is 28.2 Å². The van der Waals surface area contributed by atoms with Crippen LogP contribution in [0.5, 0.6) is 5.75 Å². The molecule has 0 radical (unpaired) electrons. The first-order valence-corrected chi connectivity index (χ1v) is 10.7. The molecule has 0 saturated carbocycles. The van der Waals surface area contributed by atoms with Crippen molar-refractivity contribution in [2.45, 2.75) is 19.9 Å². The molecule has 4 rings (SSSR count). The third kappa shape index (κ3) is 3.92. The molecule has 3 aromatic carbocycles. The maximum atomic E-state index is 14.1. The number of ketones is 1. The maximum absolute atomic E-state index is 14.1. The van der Waals surface area contributed by atoms with Gasteiger partial charge in [0.1, 0.15) is 11.5 Å². The van der Waals surface area contributed by atoms with Gasteiger partial charge in [0.2, 0.25) is 0 Å². The van der Waals surface area contributed by atoms with E-state index in [0.29, 0.717) is 11.1 Å². The number of aryl methyl sites for hydroxylation is 2. The largest absolute Gasteiger partial charge is 0.507 e. The molecule has 3 aromatic rings. The van der Waals surface area contributed by atoms with Crippen molar-refractivity contribution in [1.82, 2.24) is 0 Å². The summed E-state index contributed by atoms with van der Waals surface area (Å²) in [5.74, 6) is -4.59. The predicted octanol–water partition coefficient (Wildman–Crippen LogP) is 5.87. The van der Waals surface area contributed by atoms with Crippen LogP contribution in [0.25, 0.3) is 5.76 Å². The van der Waals surface area contributed by atoms with E-state index in [9.17, 15) is 23.5 Å². The summed E-state index contributed by atoms with van der Waals surface area (Å²) in [5.41, 5.74) is 1.91. The molecule has 0 aromatic heterocycles. The number of aliphatic hydroxyl groups excluding tert-OH is 1. The maximum Gasteiger partial charge on any atom is 0.300 e. The molecule has 0 spiro atoms. The van der Waals surface area contributed by atoms with E-state index in [2.05, 4.69) is 0 Å². The summed E-state index contributed by atoms with van der Waals surface area (Å²) in [6.45, 7) is 3.58. The number of anilines is 1. The summed E-state index contributed by atoms with van der Waals surface area (Å²) in [4.78, 5) is 27.5. The van der Waals surface area contributed by atoms with Crippen LogP contribution in [-0.2, 0) is 9.59 Å². The van der Waals surface area contributed by atoms with Crippen molar-refractivity contribution in [2.24, 2.45) is 0 Å². The monoisotopic (exact) mass is 483 g/mol. The number of halogens is 3. The molecule has 34 heavy (non-hydrogen) atoms. The van der Waals surface area contributed by atoms with Crippen molar-refractivity contribution in [2.75, 3.05) is 12.0 Å². The van der Waals surface area contributed by atoms with Crippen molar-refractivity contribution >= 4 is 34.7 Å². The Kier molecular flexibility index (Phi) is 6.15. The first-order valence-electron chi connectivity index (χ1n) is 10.3. The molecule has 1 saturated heterocycles. The molecule has 174 valence electrons. The molecule has 8 heteroatoms. The van der Waals surface area contributed by atoms with Gasteiger partial charge in [-0.15, -0.1) is 0 Å². The third-order valence-electron chi connectivity index (χ3n) is 5.63. The average Bonchev–Trinajstić information content (AvgIpc) is 3.05. The number of carbonyl (C=O) groups excluding carboxylic acids is 2. The Balaban J connectivity index is 2.02. The summed E-state index contributed by atoms with van der Waals surface area (Å²) in [7, 11) is 1.37. The molecule has 1 aliphatic rings. The first-order chi connectivity index (χ1) is 16.1. The van der Waals surface area contributed by atoms with Crippen molar-refractivity contribution in [3.8, 4) is 5.75 Å². The van der Waals surface area contributed by atoms with Crippen LogP contribution in [0.15, 0.2) is 60.2 Å². The highest BCUT2D eigenvalue weighted by Crippen LogP contribution is 2.44. The Morgan fingerprint density at radius 2 is 1.74 bits per heavy atom. The van der Waals surface area contributed by atoms with E-state index in [4.69, 9.17) is 16.3 Å². The van der Waals surface area contributed by atoms with Gasteiger partial charge in [0.05, 0.1) is 29.3 Å². The van der Waals surface area contributed by atoms with E-state index in [1.54, 1.807) is 37.3 Å². The van der Waals surface area contributed by atoms with E-state index in [0.717, 1.165) is 22.6 Å². The lowest BCUT2D eigenvalue weighted by Crippen LogP contribution is -2.29. The second-order valence-corrected chi connectivity index (χ2v) is 8.42. The fourth-order valence-corrected chi connectivity index (χ4v) is 4.50. The van der Waals surface area contributed by atoms with Crippen LogP contribution in [0, 0.1) is 25.5 Å². The van der Waals surface area contributed by atoms with Gasteiger partial charge in [-0.3, -0.25) is 14.5 Å². The Hall–Kier alpha value is -3.71. The fraction of sp³-hybridized carbons (Fsp3) is 0.154. The third-order valence-corrected chi connectivity index (χ3v) is 5.91. The highest BCUT2D eigenvalue weighted by atomic mass is 35.5. The van der Waals surface area contributed by atoms with Crippen LogP contribution in [0.3, 0.4) is 0 Å². The fourth-order valence-electron chi connectivity index (χ4n) is 4.15. The van der Waals surface area contributed by atoms with Crippen molar-refractivity contribution in [3.05, 3.63) is 99.1 Å². The summed E-state index contributed by atoms with van der Waals surface area (Å²) >= 11 is 6.28. The Morgan fingerprint density at radius 1 is 1.00 bits per heavy atom. The minimum Gasteiger partial charge on any atom is -0.507 e. The summed E-state index contributed by atoms with van der Waals surface area (Å²) < 4.78 is 33.0. The quantitative estimate of drug-likeness (QED) is 0.286. The van der Waals surface area contributed by atoms with Crippen LogP contribution < -0.4 is 9.64 Å². The highest BCUT2D eigenvalue weighted by molar-refractivity contribution is 6.51. The van der Waals surface area contributed by atoms with Gasteiger partial charge in [-0.2, -0.15) is 0 Å². The number of hydrogen-bond acceptors (Lipinski definition) is 4. The molecule has 1 unspecified atom stereocenters. The summed E-state index contributed by atoms with van der Waals surface area (Å²) in [5, 5.41) is 11.6. The van der Waals surface area contributed by atoms with Gasteiger partial charge in [0.15, 0.2) is 11.6 Å².